The Morgan fingerprint density at radius 1 is 1.23 bits per heavy atom. The van der Waals surface area contributed by atoms with Crippen LogP contribution in [0.1, 0.15) is 24.8 Å². The van der Waals surface area contributed by atoms with Crippen molar-refractivity contribution in [2.24, 2.45) is 4.99 Å². The molecule has 3 aliphatic rings. The molecule has 0 unspecified atom stereocenters. The zero-order chi connectivity index (χ0) is 21.1. The Hall–Kier alpha value is -2.07. The Kier molecular flexibility index (Phi) is 6.33. The highest BCUT2D eigenvalue weighted by molar-refractivity contribution is 8.15. The highest BCUT2D eigenvalue weighted by Gasteiger charge is 2.42. The number of likely N-dealkylation sites (tertiary alicyclic amines) is 1. The second-order valence-electron chi connectivity index (χ2n) is 7.92. The summed E-state index contributed by atoms with van der Waals surface area (Å²) in [7, 11) is -2.95. The molecule has 0 aromatic heterocycles. The monoisotopic (exact) mass is 450 g/mol. The summed E-state index contributed by atoms with van der Waals surface area (Å²) in [5.74, 6) is 0.510. The fourth-order valence-electron chi connectivity index (χ4n) is 3.93. The molecule has 0 spiro atoms. The van der Waals surface area contributed by atoms with Crippen molar-refractivity contribution in [3.8, 4) is 0 Å². The number of carbonyl (C=O) groups is 2. The predicted molar refractivity (Wildman–Crippen MR) is 118 cm³/mol. The van der Waals surface area contributed by atoms with Crippen molar-refractivity contribution in [2.75, 3.05) is 36.5 Å². The number of fused-ring (bicyclic) bond motifs is 1. The smallest absolute Gasteiger partial charge is 0.224 e. The summed E-state index contributed by atoms with van der Waals surface area (Å²) in [6.45, 7) is 2.10. The largest absolute Gasteiger partial charge is 0.356 e. The molecule has 0 aliphatic carbocycles. The lowest BCUT2D eigenvalue weighted by Crippen LogP contribution is -2.31. The number of aliphatic imine (C=N–C) groups is 1. The molecule has 1 aromatic rings. The molecule has 2 saturated heterocycles. The van der Waals surface area contributed by atoms with Gasteiger partial charge in [-0.2, -0.15) is 0 Å². The molecule has 0 bridgehead atoms. The van der Waals surface area contributed by atoms with Crippen LogP contribution in [-0.2, 0) is 25.8 Å². The van der Waals surface area contributed by atoms with Crippen LogP contribution in [0.3, 0.4) is 0 Å². The third-order valence-electron chi connectivity index (χ3n) is 5.49. The van der Waals surface area contributed by atoms with Crippen LogP contribution < -0.4 is 10.6 Å². The van der Waals surface area contributed by atoms with Crippen LogP contribution in [0.5, 0.6) is 0 Å². The van der Waals surface area contributed by atoms with Crippen LogP contribution in [0.25, 0.3) is 0 Å². The fourth-order valence-corrected chi connectivity index (χ4v) is 7.61. The minimum atomic E-state index is -2.95. The number of amidine groups is 1. The standard InChI is InChI=1S/C20H26N4O4S2/c25-18(21-8-2-10-24-9-1-3-19(24)26)11-14-4-6-15(7-5-14)22-20-23-16-12-30(27,28)13-17(16)29-20/h4-7,16-17H,1-3,8-13H2,(H,21,25)(H,22,23)/t16-,17-/m1/s1. The van der Waals surface area contributed by atoms with Crippen LogP contribution in [0.4, 0.5) is 5.69 Å². The summed E-state index contributed by atoms with van der Waals surface area (Å²) in [6.07, 6.45) is 2.65. The van der Waals surface area contributed by atoms with E-state index in [0.717, 1.165) is 35.8 Å². The van der Waals surface area contributed by atoms with E-state index >= 15 is 0 Å². The number of nitrogens with zero attached hydrogens (tertiary/aromatic N) is 2. The number of carbonyl (C=O) groups excluding carboxylic acids is 2. The number of hydrogen-bond acceptors (Lipinski definition) is 7. The maximum Gasteiger partial charge on any atom is 0.224 e. The van der Waals surface area contributed by atoms with Crippen LogP contribution in [0, 0.1) is 0 Å². The summed E-state index contributed by atoms with van der Waals surface area (Å²) in [5, 5.41) is 6.91. The van der Waals surface area contributed by atoms with Crippen molar-refractivity contribution < 1.29 is 18.0 Å². The Morgan fingerprint density at radius 2 is 2.03 bits per heavy atom. The summed E-state index contributed by atoms with van der Waals surface area (Å²) in [6, 6.07) is 7.45. The topological polar surface area (TPSA) is 108 Å². The molecular weight excluding hydrogens is 424 g/mol. The lowest BCUT2D eigenvalue weighted by Gasteiger charge is -2.15. The number of benzene rings is 1. The predicted octanol–water partition coefficient (Wildman–Crippen LogP) is 1.04. The number of nitrogens with one attached hydrogen (secondary N) is 2. The van der Waals surface area contributed by atoms with E-state index in [1.54, 1.807) is 0 Å². The second-order valence-corrected chi connectivity index (χ2v) is 11.3. The lowest BCUT2D eigenvalue weighted by molar-refractivity contribution is -0.127. The van der Waals surface area contributed by atoms with Crippen molar-refractivity contribution in [1.29, 1.82) is 0 Å². The van der Waals surface area contributed by atoms with Crippen molar-refractivity contribution in [3.05, 3.63) is 29.8 Å². The summed E-state index contributed by atoms with van der Waals surface area (Å²) < 4.78 is 23.3. The van der Waals surface area contributed by atoms with E-state index < -0.39 is 9.84 Å². The van der Waals surface area contributed by atoms with Crippen LogP contribution in [-0.4, -0.2) is 72.7 Å². The average Bonchev–Trinajstić information content (AvgIpc) is 3.33. The van der Waals surface area contributed by atoms with Gasteiger partial charge in [0.15, 0.2) is 15.0 Å². The van der Waals surface area contributed by atoms with Crippen molar-refractivity contribution in [1.82, 2.24) is 10.2 Å². The SMILES string of the molecule is O=C(Cc1ccc(NC2=N[C@@H]3CS(=O)(=O)C[C@H]3S2)cc1)NCCCN1CCCC1=O. The zero-order valence-electron chi connectivity index (χ0n) is 16.7. The van der Waals surface area contributed by atoms with E-state index in [0.29, 0.717) is 25.9 Å². The maximum absolute atomic E-state index is 12.1. The van der Waals surface area contributed by atoms with Gasteiger partial charge in [-0.1, -0.05) is 23.9 Å². The molecule has 0 saturated carbocycles. The zero-order valence-corrected chi connectivity index (χ0v) is 18.3. The number of thioether (sulfide) groups is 1. The van der Waals surface area contributed by atoms with Gasteiger partial charge in [-0.25, -0.2) is 8.42 Å². The molecule has 3 heterocycles. The quantitative estimate of drug-likeness (QED) is 0.601. The number of hydrogen-bond donors (Lipinski definition) is 2. The van der Waals surface area contributed by atoms with E-state index in [9.17, 15) is 18.0 Å². The molecule has 8 nitrogen and oxygen atoms in total. The van der Waals surface area contributed by atoms with E-state index in [1.165, 1.54) is 11.8 Å². The Balaban J connectivity index is 1.18. The van der Waals surface area contributed by atoms with Gasteiger partial charge in [-0.15, -0.1) is 0 Å². The maximum atomic E-state index is 12.1. The summed E-state index contributed by atoms with van der Waals surface area (Å²) in [5.41, 5.74) is 1.78. The van der Waals surface area contributed by atoms with Crippen LogP contribution in [0.2, 0.25) is 0 Å². The molecule has 30 heavy (non-hydrogen) atoms. The summed E-state index contributed by atoms with van der Waals surface area (Å²) in [4.78, 5) is 30.0. The number of sulfone groups is 1. The molecule has 10 heteroatoms. The van der Waals surface area contributed by atoms with Gasteiger partial charge in [-0.05, 0) is 30.5 Å². The van der Waals surface area contributed by atoms with Crippen molar-refractivity contribution >= 4 is 44.3 Å². The molecule has 162 valence electrons. The number of amides is 2. The van der Waals surface area contributed by atoms with Gasteiger partial charge in [0.05, 0.1) is 24.0 Å². The minimum absolute atomic E-state index is 0.0176. The van der Waals surface area contributed by atoms with Crippen LogP contribution in [0.15, 0.2) is 29.3 Å². The van der Waals surface area contributed by atoms with Gasteiger partial charge >= 0.3 is 0 Å². The highest BCUT2D eigenvalue weighted by Crippen LogP contribution is 2.34. The first-order chi connectivity index (χ1) is 14.4. The van der Waals surface area contributed by atoms with E-state index in [-0.39, 0.29) is 34.6 Å². The van der Waals surface area contributed by atoms with Crippen molar-refractivity contribution in [3.63, 3.8) is 0 Å². The Labute approximate surface area is 180 Å². The third kappa shape index (κ3) is 5.34. The normalized spacial score (nSPS) is 24.6. The lowest BCUT2D eigenvalue weighted by atomic mass is 10.1. The highest BCUT2D eigenvalue weighted by atomic mass is 32.2. The Morgan fingerprint density at radius 3 is 2.73 bits per heavy atom. The summed E-state index contributed by atoms with van der Waals surface area (Å²) >= 11 is 1.48. The Bertz CT molecular complexity index is 946. The van der Waals surface area contributed by atoms with E-state index in [1.807, 2.05) is 29.2 Å². The molecule has 3 aliphatic heterocycles. The molecule has 2 N–H and O–H groups in total. The van der Waals surface area contributed by atoms with Gasteiger partial charge in [0, 0.05) is 37.0 Å². The first-order valence-corrected chi connectivity index (χ1v) is 12.9. The van der Waals surface area contributed by atoms with Gasteiger partial charge < -0.3 is 15.5 Å². The molecule has 4 rings (SSSR count). The van der Waals surface area contributed by atoms with Gasteiger partial charge in [0.1, 0.15) is 0 Å². The number of rotatable bonds is 7. The molecule has 0 radical (unpaired) electrons. The van der Waals surface area contributed by atoms with Crippen molar-refractivity contribution in [2.45, 2.75) is 37.0 Å². The average molecular weight is 451 g/mol. The molecule has 2 fully saturated rings. The van der Waals surface area contributed by atoms with E-state index in [4.69, 9.17) is 0 Å². The third-order valence-corrected chi connectivity index (χ3v) is 8.63. The molecule has 2 atom stereocenters. The van der Waals surface area contributed by atoms with E-state index in [2.05, 4.69) is 15.6 Å². The molecule has 2 amide bonds. The fraction of sp³-hybridized carbons (Fsp3) is 0.550. The van der Waals surface area contributed by atoms with Gasteiger partial charge in [0.25, 0.3) is 0 Å². The first-order valence-electron chi connectivity index (χ1n) is 10.2. The molecule has 1 aromatic carbocycles. The molecular formula is C20H26N4O4S2. The minimum Gasteiger partial charge on any atom is -0.356 e. The van der Waals surface area contributed by atoms with Crippen LogP contribution >= 0.6 is 11.8 Å². The number of anilines is 1. The van der Waals surface area contributed by atoms with Gasteiger partial charge in [0.2, 0.25) is 11.8 Å². The van der Waals surface area contributed by atoms with Gasteiger partial charge in [-0.3, -0.25) is 14.6 Å². The first kappa shape index (κ1) is 21.2. The second kappa shape index (κ2) is 8.97.